The maximum absolute atomic E-state index is 12.6. The molecule has 2 fully saturated rings. The molecule has 1 aromatic carbocycles. The van der Waals surface area contributed by atoms with Crippen molar-refractivity contribution in [2.75, 3.05) is 74.6 Å². The second-order valence-corrected chi connectivity index (χ2v) is 9.30. The smallest absolute Gasteiger partial charge is 0.217 e. The van der Waals surface area contributed by atoms with Gasteiger partial charge in [-0.1, -0.05) is 18.2 Å². The normalized spacial score (nSPS) is 18.4. The summed E-state index contributed by atoms with van der Waals surface area (Å²) >= 11 is 0. The predicted molar refractivity (Wildman–Crippen MR) is 115 cm³/mol. The van der Waals surface area contributed by atoms with Crippen LogP contribution in [0.3, 0.4) is 0 Å². The number of benzene rings is 1. The van der Waals surface area contributed by atoms with Gasteiger partial charge >= 0.3 is 0 Å². The van der Waals surface area contributed by atoms with Crippen LogP contribution < -0.4 is 14.5 Å². The number of ether oxygens (including phenoxy) is 2. The Morgan fingerprint density at radius 2 is 1.43 bits per heavy atom. The van der Waals surface area contributed by atoms with Crippen LogP contribution >= 0.6 is 0 Å². The largest absolute Gasteiger partial charge is 0.492 e. The average Bonchev–Trinajstić information content (AvgIpc) is 2.80. The fourth-order valence-corrected chi connectivity index (χ4v) is 4.83. The molecule has 162 valence electrons. The van der Waals surface area contributed by atoms with Gasteiger partial charge in [0.2, 0.25) is 10.0 Å². The Bertz CT molecular complexity index is 897. The molecule has 0 aliphatic carbocycles. The van der Waals surface area contributed by atoms with Crippen molar-refractivity contribution in [1.29, 1.82) is 0 Å². The molecule has 2 saturated heterocycles. The summed E-state index contributed by atoms with van der Waals surface area (Å²) in [6.07, 6.45) is 0. The topological polar surface area (TPSA) is 88.1 Å². The lowest BCUT2D eigenvalue weighted by Crippen LogP contribution is -2.50. The van der Waals surface area contributed by atoms with E-state index < -0.39 is 10.0 Å². The maximum Gasteiger partial charge on any atom is 0.217 e. The molecule has 0 atom stereocenters. The lowest BCUT2D eigenvalue weighted by atomic mass is 10.3. The van der Waals surface area contributed by atoms with Crippen LogP contribution in [0.25, 0.3) is 0 Å². The zero-order valence-corrected chi connectivity index (χ0v) is 17.7. The summed E-state index contributed by atoms with van der Waals surface area (Å²) in [5.74, 6) is 2.27. The molecule has 0 amide bonds. The van der Waals surface area contributed by atoms with Crippen molar-refractivity contribution >= 4 is 21.7 Å². The van der Waals surface area contributed by atoms with E-state index >= 15 is 0 Å². The number of nitrogens with zero attached hydrogens (tertiary/aromatic N) is 5. The van der Waals surface area contributed by atoms with Crippen LogP contribution in [0, 0.1) is 0 Å². The molecule has 2 aliphatic heterocycles. The van der Waals surface area contributed by atoms with Gasteiger partial charge in [0, 0.05) is 39.3 Å². The van der Waals surface area contributed by atoms with E-state index in [2.05, 4.69) is 20.0 Å². The van der Waals surface area contributed by atoms with Gasteiger partial charge in [-0.15, -0.1) is 10.2 Å². The van der Waals surface area contributed by atoms with Crippen LogP contribution in [0.15, 0.2) is 42.5 Å². The second kappa shape index (κ2) is 9.59. The molecule has 9 nitrogen and oxygen atoms in total. The summed E-state index contributed by atoms with van der Waals surface area (Å²) in [6.45, 7) is 5.22. The van der Waals surface area contributed by atoms with Crippen LogP contribution in [0.2, 0.25) is 0 Å². The summed E-state index contributed by atoms with van der Waals surface area (Å²) in [6, 6.07) is 13.2. The van der Waals surface area contributed by atoms with Crippen LogP contribution in [-0.4, -0.2) is 87.8 Å². The number of hydrogen-bond acceptors (Lipinski definition) is 8. The van der Waals surface area contributed by atoms with Gasteiger partial charge in [0.25, 0.3) is 0 Å². The summed E-state index contributed by atoms with van der Waals surface area (Å²) in [5, 5.41) is 8.70. The number of para-hydroxylation sites is 1. The number of hydrogen-bond donors (Lipinski definition) is 0. The standard InChI is InChI=1S/C20H27N5O4S/c26-30(27,17-16-29-18-4-2-1-3-5-18)25-10-8-23(9-11-25)19-6-7-20(22-21-19)24-12-14-28-15-13-24/h1-7H,8-17H2. The molecule has 4 rings (SSSR count). The SMILES string of the molecule is O=S(=O)(CCOc1ccccc1)N1CCN(c2ccc(N3CCOCC3)nn2)CC1. The summed E-state index contributed by atoms with van der Waals surface area (Å²) in [7, 11) is -3.35. The van der Waals surface area contributed by atoms with Gasteiger partial charge in [-0.25, -0.2) is 8.42 Å². The fraction of sp³-hybridized carbons (Fsp3) is 0.500. The Morgan fingerprint density at radius 3 is 2.03 bits per heavy atom. The van der Waals surface area contributed by atoms with E-state index in [0.717, 1.165) is 24.7 Å². The van der Waals surface area contributed by atoms with E-state index in [4.69, 9.17) is 9.47 Å². The molecule has 2 aromatic rings. The number of morpholine rings is 1. The van der Waals surface area contributed by atoms with Crippen molar-refractivity contribution in [2.24, 2.45) is 0 Å². The molecule has 0 bridgehead atoms. The van der Waals surface area contributed by atoms with Gasteiger partial charge in [-0.05, 0) is 24.3 Å². The van der Waals surface area contributed by atoms with E-state index in [9.17, 15) is 8.42 Å². The highest BCUT2D eigenvalue weighted by atomic mass is 32.2. The Kier molecular flexibility index (Phi) is 6.66. The first kappa shape index (κ1) is 20.8. The quantitative estimate of drug-likeness (QED) is 0.635. The van der Waals surface area contributed by atoms with E-state index in [0.29, 0.717) is 45.1 Å². The van der Waals surface area contributed by atoms with Gasteiger partial charge in [-0.2, -0.15) is 4.31 Å². The summed E-state index contributed by atoms with van der Waals surface area (Å²) in [5.41, 5.74) is 0. The average molecular weight is 434 g/mol. The molecular formula is C20H27N5O4S. The Morgan fingerprint density at radius 1 is 0.833 bits per heavy atom. The highest BCUT2D eigenvalue weighted by molar-refractivity contribution is 7.89. The maximum atomic E-state index is 12.6. The van der Waals surface area contributed by atoms with Crippen molar-refractivity contribution in [2.45, 2.75) is 0 Å². The third-order valence-corrected chi connectivity index (χ3v) is 7.12. The molecule has 30 heavy (non-hydrogen) atoms. The van der Waals surface area contributed by atoms with Gasteiger partial charge in [-0.3, -0.25) is 0 Å². The summed E-state index contributed by atoms with van der Waals surface area (Å²) in [4.78, 5) is 4.23. The lowest BCUT2D eigenvalue weighted by Gasteiger charge is -2.34. The van der Waals surface area contributed by atoms with Crippen molar-refractivity contribution in [3.05, 3.63) is 42.5 Å². The predicted octanol–water partition coefficient (Wildman–Crippen LogP) is 0.844. The zero-order valence-electron chi connectivity index (χ0n) is 16.9. The van der Waals surface area contributed by atoms with Crippen molar-refractivity contribution < 1.29 is 17.9 Å². The monoisotopic (exact) mass is 433 g/mol. The Labute approximate surface area is 177 Å². The number of sulfonamides is 1. The lowest BCUT2D eigenvalue weighted by molar-refractivity contribution is 0.122. The minimum absolute atomic E-state index is 0.0318. The van der Waals surface area contributed by atoms with E-state index in [1.165, 1.54) is 4.31 Å². The molecule has 10 heteroatoms. The first-order valence-electron chi connectivity index (χ1n) is 10.2. The number of piperazine rings is 1. The van der Waals surface area contributed by atoms with Crippen molar-refractivity contribution in [1.82, 2.24) is 14.5 Å². The van der Waals surface area contributed by atoms with Crippen LogP contribution in [0.1, 0.15) is 0 Å². The molecule has 0 spiro atoms. The van der Waals surface area contributed by atoms with Crippen molar-refractivity contribution in [3.8, 4) is 5.75 Å². The second-order valence-electron chi connectivity index (χ2n) is 7.21. The Balaban J connectivity index is 1.26. The Hall–Kier alpha value is -2.43. The molecule has 0 unspecified atom stereocenters. The number of rotatable bonds is 7. The highest BCUT2D eigenvalue weighted by Crippen LogP contribution is 2.18. The molecule has 3 heterocycles. The summed E-state index contributed by atoms with van der Waals surface area (Å²) < 4.78 is 37.7. The third kappa shape index (κ3) is 5.18. The molecule has 1 aromatic heterocycles. The third-order valence-electron chi connectivity index (χ3n) is 5.28. The fourth-order valence-electron chi connectivity index (χ4n) is 3.55. The van der Waals surface area contributed by atoms with E-state index in [-0.39, 0.29) is 12.4 Å². The molecule has 0 N–H and O–H groups in total. The van der Waals surface area contributed by atoms with Crippen LogP contribution in [0.4, 0.5) is 11.6 Å². The molecule has 0 radical (unpaired) electrons. The minimum Gasteiger partial charge on any atom is -0.492 e. The minimum atomic E-state index is -3.35. The number of aromatic nitrogens is 2. The van der Waals surface area contributed by atoms with Gasteiger partial charge < -0.3 is 19.3 Å². The highest BCUT2D eigenvalue weighted by Gasteiger charge is 2.27. The first-order chi connectivity index (χ1) is 14.6. The van der Waals surface area contributed by atoms with E-state index in [1.807, 2.05) is 42.5 Å². The van der Waals surface area contributed by atoms with Crippen molar-refractivity contribution in [3.63, 3.8) is 0 Å². The molecular weight excluding hydrogens is 406 g/mol. The van der Waals surface area contributed by atoms with Gasteiger partial charge in [0.05, 0.1) is 19.0 Å². The van der Waals surface area contributed by atoms with Crippen LogP contribution in [0.5, 0.6) is 5.75 Å². The number of anilines is 2. The zero-order chi connectivity index (χ0) is 20.8. The van der Waals surface area contributed by atoms with Gasteiger partial charge in [0.1, 0.15) is 12.4 Å². The van der Waals surface area contributed by atoms with Gasteiger partial charge in [0.15, 0.2) is 11.6 Å². The van der Waals surface area contributed by atoms with Crippen LogP contribution in [-0.2, 0) is 14.8 Å². The molecule has 0 saturated carbocycles. The van der Waals surface area contributed by atoms with E-state index in [1.54, 1.807) is 0 Å². The molecule has 2 aliphatic rings. The first-order valence-corrected chi connectivity index (χ1v) is 11.8.